The first-order valence-corrected chi connectivity index (χ1v) is 5.40. The van der Waals surface area contributed by atoms with Gasteiger partial charge >= 0.3 is 0 Å². The number of carbonyl (C=O) groups is 1. The Kier molecular flexibility index (Phi) is 4.07. The maximum absolute atomic E-state index is 10.7. The molecule has 1 aromatic rings. The van der Waals surface area contributed by atoms with E-state index < -0.39 is 0 Å². The highest BCUT2D eigenvalue weighted by atomic mass is 127. The van der Waals surface area contributed by atoms with Crippen LogP contribution in [0.2, 0.25) is 0 Å². The first-order chi connectivity index (χ1) is 6.22. The number of nitrogens with one attached hydrogen (secondary N) is 1. The Morgan fingerprint density at radius 2 is 2.46 bits per heavy atom. The third kappa shape index (κ3) is 3.67. The molecule has 0 bridgehead atoms. The summed E-state index contributed by atoms with van der Waals surface area (Å²) in [5.41, 5.74) is 0.952. The van der Waals surface area contributed by atoms with Crippen molar-refractivity contribution < 1.29 is 4.79 Å². The van der Waals surface area contributed by atoms with Gasteiger partial charge in [-0.2, -0.15) is 0 Å². The summed E-state index contributed by atoms with van der Waals surface area (Å²) in [6.07, 6.45) is 2.55. The molecule has 1 heterocycles. The quantitative estimate of drug-likeness (QED) is 0.677. The summed E-state index contributed by atoms with van der Waals surface area (Å²) in [7, 11) is 0. The molecule has 0 saturated carbocycles. The molecule has 0 spiro atoms. The van der Waals surface area contributed by atoms with Crippen molar-refractivity contribution in [1.82, 2.24) is 9.97 Å². The van der Waals surface area contributed by atoms with Crippen LogP contribution in [0, 0.1) is 0 Å². The van der Waals surface area contributed by atoms with E-state index in [0.717, 1.165) is 16.5 Å². The smallest absolute Gasteiger partial charge is 0.229 e. The van der Waals surface area contributed by atoms with E-state index in [1.165, 1.54) is 6.92 Å². The highest BCUT2D eigenvalue weighted by Gasteiger charge is 1.99. The van der Waals surface area contributed by atoms with Crippen molar-refractivity contribution in [2.24, 2.45) is 0 Å². The summed E-state index contributed by atoms with van der Waals surface area (Å²) in [6, 6.07) is 1.85. The van der Waals surface area contributed by atoms with Crippen molar-refractivity contribution in [1.29, 1.82) is 0 Å². The molecular weight excluding hydrogens is 281 g/mol. The molecule has 1 amide bonds. The Balaban J connectivity index is 2.73. The van der Waals surface area contributed by atoms with Crippen molar-refractivity contribution in [3.05, 3.63) is 18.0 Å². The van der Waals surface area contributed by atoms with Crippen LogP contribution < -0.4 is 5.32 Å². The zero-order chi connectivity index (χ0) is 9.68. The minimum atomic E-state index is -0.147. The van der Waals surface area contributed by atoms with Crippen LogP contribution in [0.3, 0.4) is 0 Å². The SMILES string of the molecule is CC(=O)Nc1nccc(CCI)n1. The maximum atomic E-state index is 10.7. The van der Waals surface area contributed by atoms with E-state index in [1.807, 2.05) is 6.07 Å². The molecule has 1 N–H and O–H groups in total. The maximum Gasteiger partial charge on any atom is 0.229 e. The van der Waals surface area contributed by atoms with Gasteiger partial charge in [-0.15, -0.1) is 0 Å². The molecule has 0 aliphatic rings. The predicted molar refractivity (Wildman–Crippen MR) is 58.9 cm³/mol. The van der Waals surface area contributed by atoms with Crippen molar-refractivity contribution in [3.8, 4) is 0 Å². The van der Waals surface area contributed by atoms with Gasteiger partial charge in [-0.3, -0.25) is 10.1 Å². The Morgan fingerprint density at radius 1 is 1.69 bits per heavy atom. The third-order valence-electron chi connectivity index (χ3n) is 1.35. The van der Waals surface area contributed by atoms with Crippen molar-refractivity contribution in [2.45, 2.75) is 13.3 Å². The Morgan fingerprint density at radius 3 is 3.08 bits per heavy atom. The van der Waals surface area contributed by atoms with Crippen LogP contribution in [0.4, 0.5) is 5.95 Å². The number of halogens is 1. The number of hydrogen-bond acceptors (Lipinski definition) is 3. The number of hydrogen-bond donors (Lipinski definition) is 1. The second-order valence-corrected chi connectivity index (χ2v) is 3.57. The number of carbonyl (C=O) groups excluding carboxylic acids is 1. The topological polar surface area (TPSA) is 54.9 Å². The van der Waals surface area contributed by atoms with Crippen LogP contribution in [-0.4, -0.2) is 20.3 Å². The standard InChI is InChI=1S/C8H10IN3O/c1-6(13)11-8-10-5-3-7(12-8)2-4-9/h3,5H,2,4H2,1H3,(H,10,11,12,13). The largest absolute Gasteiger partial charge is 0.295 e. The van der Waals surface area contributed by atoms with Gasteiger partial charge in [0.25, 0.3) is 0 Å². The highest BCUT2D eigenvalue weighted by molar-refractivity contribution is 14.1. The van der Waals surface area contributed by atoms with Crippen molar-refractivity contribution in [2.75, 3.05) is 9.74 Å². The molecule has 1 aromatic heterocycles. The van der Waals surface area contributed by atoms with Crippen LogP contribution in [0.1, 0.15) is 12.6 Å². The summed E-state index contributed by atoms with van der Waals surface area (Å²) in [6.45, 7) is 1.44. The summed E-state index contributed by atoms with van der Waals surface area (Å²) in [5.74, 6) is 0.237. The van der Waals surface area contributed by atoms with Crippen molar-refractivity contribution in [3.63, 3.8) is 0 Å². The van der Waals surface area contributed by atoms with E-state index in [-0.39, 0.29) is 5.91 Å². The second-order valence-electron chi connectivity index (χ2n) is 2.49. The fourth-order valence-electron chi connectivity index (χ4n) is 0.850. The molecule has 0 saturated heterocycles. The van der Waals surface area contributed by atoms with E-state index in [4.69, 9.17) is 0 Å². The first kappa shape index (κ1) is 10.4. The molecular formula is C8H10IN3O. The summed E-state index contributed by atoms with van der Waals surface area (Å²) < 4.78 is 1.01. The number of alkyl halides is 1. The van der Waals surface area contributed by atoms with Gasteiger partial charge < -0.3 is 0 Å². The van der Waals surface area contributed by atoms with E-state index >= 15 is 0 Å². The number of aromatic nitrogens is 2. The van der Waals surface area contributed by atoms with Crippen LogP contribution in [0.5, 0.6) is 0 Å². The molecule has 5 heteroatoms. The van der Waals surface area contributed by atoms with Gasteiger partial charge in [-0.1, -0.05) is 22.6 Å². The van der Waals surface area contributed by atoms with E-state index in [1.54, 1.807) is 6.20 Å². The number of nitrogens with zero attached hydrogens (tertiary/aromatic N) is 2. The number of aryl methyl sites for hydroxylation is 1. The lowest BCUT2D eigenvalue weighted by molar-refractivity contribution is -0.114. The van der Waals surface area contributed by atoms with E-state index in [9.17, 15) is 4.79 Å². The van der Waals surface area contributed by atoms with E-state index in [2.05, 4.69) is 37.9 Å². The molecule has 70 valence electrons. The van der Waals surface area contributed by atoms with Crippen LogP contribution in [0.25, 0.3) is 0 Å². The van der Waals surface area contributed by atoms with Crippen LogP contribution in [0.15, 0.2) is 12.3 Å². The van der Waals surface area contributed by atoms with Gasteiger partial charge in [0.2, 0.25) is 11.9 Å². The predicted octanol–water partition coefficient (Wildman–Crippen LogP) is 1.41. The number of rotatable bonds is 3. The van der Waals surface area contributed by atoms with Gasteiger partial charge in [0.05, 0.1) is 0 Å². The summed E-state index contributed by atoms with van der Waals surface area (Å²) in [4.78, 5) is 18.8. The highest BCUT2D eigenvalue weighted by Crippen LogP contribution is 2.02. The average Bonchev–Trinajstić information content (AvgIpc) is 2.04. The second kappa shape index (κ2) is 5.11. The first-order valence-electron chi connectivity index (χ1n) is 3.88. The number of amides is 1. The molecule has 0 aliphatic carbocycles. The van der Waals surface area contributed by atoms with Gasteiger partial charge in [0, 0.05) is 23.2 Å². The zero-order valence-corrected chi connectivity index (χ0v) is 9.41. The molecule has 4 nitrogen and oxygen atoms in total. The molecule has 0 atom stereocenters. The molecule has 0 unspecified atom stereocenters. The fourth-order valence-corrected chi connectivity index (χ4v) is 1.40. The fraction of sp³-hybridized carbons (Fsp3) is 0.375. The Hall–Kier alpha value is -0.720. The normalized spacial score (nSPS) is 9.69. The lowest BCUT2D eigenvalue weighted by atomic mass is 10.3. The molecule has 0 aromatic carbocycles. The van der Waals surface area contributed by atoms with Crippen LogP contribution in [-0.2, 0) is 11.2 Å². The minimum absolute atomic E-state index is 0.147. The lowest BCUT2D eigenvalue weighted by Crippen LogP contribution is -2.10. The monoisotopic (exact) mass is 291 g/mol. The summed E-state index contributed by atoms with van der Waals surface area (Å²) in [5, 5.41) is 2.54. The van der Waals surface area contributed by atoms with Gasteiger partial charge in [0.1, 0.15) is 0 Å². The Bertz CT molecular complexity index is 303. The van der Waals surface area contributed by atoms with Gasteiger partial charge in [-0.25, -0.2) is 9.97 Å². The van der Waals surface area contributed by atoms with Crippen LogP contribution >= 0.6 is 22.6 Å². The molecule has 1 rings (SSSR count). The number of anilines is 1. The average molecular weight is 291 g/mol. The third-order valence-corrected chi connectivity index (χ3v) is 1.89. The van der Waals surface area contributed by atoms with Gasteiger partial charge in [-0.05, 0) is 12.5 Å². The Labute approximate surface area is 90.3 Å². The van der Waals surface area contributed by atoms with Gasteiger partial charge in [0.15, 0.2) is 0 Å². The molecule has 0 aliphatic heterocycles. The molecule has 0 radical (unpaired) electrons. The molecule has 13 heavy (non-hydrogen) atoms. The molecule has 0 fully saturated rings. The minimum Gasteiger partial charge on any atom is -0.295 e. The van der Waals surface area contributed by atoms with Crippen molar-refractivity contribution >= 4 is 34.4 Å². The summed E-state index contributed by atoms with van der Waals surface area (Å²) >= 11 is 2.28. The lowest BCUT2D eigenvalue weighted by Gasteiger charge is -2.01. The van der Waals surface area contributed by atoms with E-state index in [0.29, 0.717) is 5.95 Å². The zero-order valence-electron chi connectivity index (χ0n) is 7.25.